The van der Waals surface area contributed by atoms with E-state index in [1.165, 1.54) is 0 Å². The summed E-state index contributed by atoms with van der Waals surface area (Å²) in [6.45, 7) is 6.28. The summed E-state index contributed by atoms with van der Waals surface area (Å²) in [5.74, 6) is 1.58. The average Bonchev–Trinajstić information content (AvgIpc) is 2.72. The first kappa shape index (κ1) is 21.2. The van der Waals surface area contributed by atoms with Crippen molar-refractivity contribution in [1.82, 2.24) is 15.1 Å². The maximum absolute atomic E-state index is 12.6. The summed E-state index contributed by atoms with van der Waals surface area (Å²) in [5.41, 5.74) is 1.14. The standard InChI is InChI=1S/C21H34N4O2/c1-4-25(17-19-8-6-5-7-9-19)20(26)16-23-21(22-2)24(3)13-10-18-11-14-27-15-12-18/h5-9,18H,4,10-17H2,1-3H3,(H,22,23). The lowest BCUT2D eigenvalue weighted by atomic mass is 9.96. The van der Waals surface area contributed by atoms with Gasteiger partial charge in [-0.15, -0.1) is 0 Å². The Morgan fingerprint density at radius 1 is 1.26 bits per heavy atom. The lowest BCUT2D eigenvalue weighted by Gasteiger charge is -2.27. The number of guanidine groups is 1. The molecule has 1 N–H and O–H groups in total. The van der Waals surface area contributed by atoms with Crippen LogP contribution < -0.4 is 5.32 Å². The highest BCUT2D eigenvalue weighted by molar-refractivity contribution is 5.86. The summed E-state index contributed by atoms with van der Waals surface area (Å²) in [5, 5.41) is 3.22. The van der Waals surface area contributed by atoms with Gasteiger partial charge in [0.25, 0.3) is 0 Å². The minimum atomic E-state index is 0.0836. The molecule has 1 saturated heterocycles. The maximum atomic E-state index is 12.6. The second-order valence-electron chi connectivity index (χ2n) is 7.06. The van der Waals surface area contributed by atoms with Crippen LogP contribution in [0.5, 0.6) is 0 Å². The average molecular weight is 375 g/mol. The lowest BCUT2D eigenvalue weighted by Crippen LogP contribution is -2.45. The number of likely N-dealkylation sites (N-methyl/N-ethyl adjacent to an activating group) is 1. The molecule has 1 aromatic rings. The molecule has 0 spiro atoms. The Morgan fingerprint density at radius 2 is 1.96 bits per heavy atom. The number of hydrogen-bond acceptors (Lipinski definition) is 3. The van der Waals surface area contributed by atoms with Gasteiger partial charge in [0, 0.05) is 46.9 Å². The van der Waals surface area contributed by atoms with Gasteiger partial charge in [0.05, 0.1) is 6.54 Å². The van der Waals surface area contributed by atoms with E-state index in [9.17, 15) is 4.79 Å². The molecule has 6 heteroatoms. The zero-order valence-corrected chi connectivity index (χ0v) is 17.0. The number of nitrogens with one attached hydrogen (secondary N) is 1. The van der Waals surface area contributed by atoms with Crippen LogP contribution in [0.15, 0.2) is 35.3 Å². The summed E-state index contributed by atoms with van der Waals surface area (Å²) in [4.78, 5) is 20.9. The Labute approximate surface area is 163 Å². The number of amides is 1. The van der Waals surface area contributed by atoms with Crippen LogP contribution in [0.4, 0.5) is 0 Å². The zero-order chi connectivity index (χ0) is 19.5. The monoisotopic (exact) mass is 374 g/mol. The van der Waals surface area contributed by atoms with E-state index in [4.69, 9.17) is 4.74 Å². The van der Waals surface area contributed by atoms with Crippen LogP contribution in [0.25, 0.3) is 0 Å². The summed E-state index contributed by atoms with van der Waals surface area (Å²) in [6.07, 6.45) is 3.41. The maximum Gasteiger partial charge on any atom is 0.242 e. The predicted octanol–water partition coefficient (Wildman–Crippen LogP) is 2.36. The van der Waals surface area contributed by atoms with Gasteiger partial charge in [0.1, 0.15) is 0 Å². The molecule has 1 aliphatic heterocycles. The van der Waals surface area contributed by atoms with Gasteiger partial charge in [-0.25, -0.2) is 0 Å². The van der Waals surface area contributed by atoms with Crippen molar-refractivity contribution in [2.45, 2.75) is 32.7 Å². The minimum absolute atomic E-state index is 0.0836. The van der Waals surface area contributed by atoms with Crippen LogP contribution in [0, 0.1) is 5.92 Å². The van der Waals surface area contributed by atoms with Gasteiger partial charge in [0.2, 0.25) is 5.91 Å². The topological polar surface area (TPSA) is 57.2 Å². The second kappa shape index (κ2) is 11.6. The van der Waals surface area contributed by atoms with Crippen LogP contribution >= 0.6 is 0 Å². The van der Waals surface area contributed by atoms with Crippen molar-refractivity contribution in [3.63, 3.8) is 0 Å². The van der Waals surface area contributed by atoms with Crippen LogP contribution in [0.2, 0.25) is 0 Å². The number of nitrogens with zero attached hydrogens (tertiary/aromatic N) is 3. The van der Waals surface area contributed by atoms with Gasteiger partial charge in [-0.05, 0) is 37.7 Å². The van der Waals surface area contributed by atoms with Crippen molar-refractivity contribution in [3.8, 4) is 0 Å². The van der Waals surface area contributed by atoms with Crippen molar-refractivity contribution >= 4 is 11.9 Å². The Morgan fingerprint density at radius 3 is 2.59 bits per heavy atom. The predicted molar refractivity (Wildman–Crippen MR) is 110 cm³/mol. The fraction of sp³-hybridized carbons (Fsp3) is 0.619. The molecule has 1 heterocycles. The van der Waals surface area contributed by atoms with Gasteiger partial charge < -0.3 is 19.9 Å². The number of hydrogen-bond donors (Lipinski definition) is 1. The number of aliphatic imine (C=N–C) groups is 1. The minimum Gasteiger partial charge on any atom is -0.381 e. The van der Waals surface area contributed by atoms with E-state index in [0.29, 0.717) is 13.1 Å². The number of carbonyl (C=O) groups is 1. The summed E-state index contributed by atoms with van der Waals surface area (Å²) < 4.78 is 5.42. The smallest absolute Gasteiger partial charge is 0.242 e. The van der Waals surface area contributed by atoms with E-state index in [-0.39, 0.29) is 12.5 Å². The third kappa shape index (κ3) is 7.21. The highest BCUT2D eigenvalue weighted by Crippen LogP contribution is 2.18. The Hall–Kier alpha value is -2.08. The quantitative estimate of drug-likeness (QED) is 0.561. The first-order valence-corrected chi connectivity index (χ1v) is 9.95. The van der Waals surface area contributed by atoms with E-state index in [1.807, 2.05) is 49.2 Å². The molecule has 1 amide bonds. The second-order valence-corrected chi connectivity index (χ2v) is 7.06. The van der Waals surface area contributed by atoms with Gasteiger partial charge in [-0.3, -0.25) is 9.79 Å². The Bertz CT molecular complexity index is 585. The SMILES string of the molecule is CCN(Cc1ccccc1)C(=O)CNC(=NC)N(C)CCC1CCOCC1. The molecule has 150 valence electrons. The molecule has 1 aromatic carbocycles. The number of benzene rings is 1. The zero-order valence-electron chi connectivity index (χ0n) is 17.0. The molecule has 0 radical (unpaired) electrons. The molecule has 0 aliphatic carbocycles. The molecule has 6 nitrogen and oxygen atoms in total. The van der Waals surface area contributed by atoms with Crippen molar-refractivity contribution in [2.24, 2.45) is 10.9 Å². The molecule has 0 atom stereocenters. The number of carbonyl (C=O) groups excluding carboxylic acids is 1. The van der Waals surface area contributed by atoms with Gasteiger partial charge in [-0.2, -0.15) is 0 Å². The van der Waals surface area contributed by atoms with Crippen molar-refractivity contribution in [2.75, 3.05) is 46.9 Å². The summed E-state index contributed by atoms with van der Waals surface area (Å²) in [7, 11) is 3.79. The van der Waals surface area contributed by atoms with Gasteiger partial charge >= 0.3 is 0 Å². The van der Waals surface area contributed by atoms with E-state index >= 15 is 0 Å². The third-order valence-corrected chi connectivity index (χ3v) is 5.14. The largest absolute Gasteiger partial charge is 0.381 e. The molecular weight excluding hydrogens is 340 g/mol. The van der Waals surface area contributed by atoms with Crippen LogP contribution in [-0.4, -0.2) is 68.6 Å². The molecule has 2 rings (SSSR count). The lowest BCUT2D eigenvalue weighted by molar-refractivity contribution is -0.130. The van der Waals surface area contributed by atoms with E-state index in [1.54, 1.807) is 7.05 Å². The molecule has 0 saturated carbocycles. The molecule has 1 fully saturated rings. The molecule has 0 bridgehead atoms. The van der Waals surface area contributed by atoms with Gasteiger partial charge in [-0.1, -0.05) is 30.3 Å². The van der Waals surface area contributed by atoms with Crippen LogP contribution in [0.3, 0.4) is 0 Å². The van der Waals surface area contributed by atoms with E-state index in [0.717, 1.165) is 56.5 Å². The highest BCUT2D eigenvalue weighted by Gasteiger charge is 2.17. The Kier molecular flexibility index (Phi) is 9.11. The summed E-state index contributed by atoms with van der Waals surface area (Å²) >= 11 is 0. The fourth-order valence-corrected chi connectivity index (χ4v) is 3.35. The van der Waals surface area contributed by atoms with E-state index < -0.39 is 0 Å². The van der Waals surface area contributed by atoms with Crippen molar-refractivity contribution < 1.29 is 9.53 Å². The summed E-state index contributed by atoms with van der Waals surface area (Å²) in [6, 6.07) is 10.1. The van der Waals surface area contributed by atoms with Crippen molar-refractivity contribution in [1.29, 1.82) is 0 Å². The highest BCUT2D eigenvalue weighted by atomic mass is 16.5. The fourth-order valence-electron chi connectivity index (χ4n) is 3.35. The molecule has 27 heavy (non-hydrogen) atoms. The van der Waals surface area contributed by atoms with E-state index in [2.05, 4.69) is 15.2 Å². The Balaban J connectivity index is 1.78. The third-order valence-electron chi connectivity index (χ3n) is 5.14. The first-order valence-electron chi connectivity index (χ1n) is 9.95. The number of rotatable bonds is 8. The number of ether oxygens (including phenoxy) is 1. The van der Waals surface area contributed by atoms with Gasteiger partial charge in [0.15, 0.2) is 5.96 Å². The molecule has 0 aromatic heterocycles. The molecule has 1 aliphatic rings. The molecular formula is C21H34N4O2. The molecule has 0 unspecified atom stereocenters. The first-order chi connectivity index (χ1) is 13.1. The van der Waals surface area contributed by atoms with Crippen LogP contribution in [-0.2, 0) is 16.1 Å². The normalized spacial score (nSPS) is 15.4. The van der Waals surface area contributed by atoms with Crippen molar-refractivity contribution in [3.05, 3.63) is 35.9 Å². The van der Waals surface area contributed by atoms with Crippen LogP contribution in [0.1, 0.15) is 31.7 Å².